The zero-order valence-electron chi connectivity index (χ0n) is 38.7. The molecule has 6 amide bonds. The predicted octanol–water partition coefficient (Wildman–Crippen LogP) is 5.27. The van der Waals surface area contributed by atoms with Crippen LogP contribution < -0.4 is 35.6 Å². The first-order valence-corrected chi connectivity index (χ1v) is 23.7. The van der Waals surface area contributed by atoms with Crippen molar-refractivity contribution in [2.75, 3.05) is 86.9 Å². The van der Waals surface area contributed by atoms with Crippen LogP contribution in [0.25, 0.3) is 10.9 Å². The summed E-state index contributed by atoms with van der Waals surface area (Å²) < 4.78 is 25.6. The van der Waals surface area contributed by atoms with Crippen LogP contribution >= 0.6 is 0 Å². The van der Waals surface area contributed by atoms with E-state index < -0.39 is 52.7 Å². The minimum atomic E-state index is -1.18. The van der Waals surface area contributed by atoms with Crippen LogP contribution in [0.3, 0.4) is 0 Å². The fourth-order valence-electron chi connectivity index (χ4n) is 9.81. The van der Waals surface area contributed by atoms with Crippen molar-refractivity contribution in [2.45, 2.75) is 44.6 Å². The number of carbonyl (C=O) groups excluding carboxylic acids is 6. The lowest BCUT2D eigenvalue weighted by atomic mass is 9.95. The van der Waals surface area contributed by atoms with Gasteiger partial charge in [0.1, 0.15) is 40.3 Å². The van der Waals surface area contributed by atoms with Crippen molar-refractivity contribution in [3.8, 4) is 17.2 Å². The molecule has 1 aliphatic carbocycles. The number of nitrogens with zero attached hydrogens (tertiary/aromatic N) is 6. The number of methoxy groups -OCH3 is 1. The van der Waals surface area contributed by atoms with Crippen LogP contribution in [-0.4, -0.2) is 132 Å². The first-order valence-electron chi connectivity index (χ1n) is 23.7. The number of rotatable bonds is 15. The lowest BCUT2D eigenvalue weighted by molar-refractivity contribution is -0.136. The van der Waals surface area contributed by atoms with Gasteiger partial charge in [-0.15, -0.1) is 0 Å². The van der Waals surface area contributed by atoms with Gasteiger partial charge in [0.2, 0.25) is 23.6 Å². The fraction of sp³-hybridized carbons (Fsp3) is 0.373. The maximum Gasteiger partial charge on any atom is 0.263 e. The SMILES string of the molecule is COc1cc2c(Oc3ccc(NC(=O)C4(C(=O)Nc5ccc(F)cc5)CC4)cc3)ccnc2cc1N1CCC(CN2CCN(CCNc3cc4c(cn3)C(=O)N(C3CCC(=O)NC3=O)C4=O)CC2)CC1. The van der Waals surface area contributed by atoms with E-state index in [0.29, 0.717) is 54.0 Å². The third kappa shape index (κ3) is 9.58. The van der Waals surface area contributed by atoms with Gasteiger partial charge in [0, 0.05) is 94.5 Å². The maximum absolute atomic E-state index is 13.3. The Morgan fingerprint density at radius 2 is 1.46 bits per heavy atom. The van der Waals surface area contributed by atoms with Crippen LogP contribution in [0.4, 0.5) is 27.3 Å². The molecule has 0 radical (unpaired) electrons. The summed E-state index contributed by atoms with van der Waals surface area (Å²) in [5.41, 5.74) is 1.89. The van der Waals surface area contributed by atoms with Crippen LogP contribution in [0.2, 0.25) is 0 Å². The van der Waals surface area contributed by atoms with Gasteiger partial charge in [0.15, 0.2) is 0 Å². The lowest BCUT2D eigenvalue weighted by Crippen LogP contribution is -2.54. The van der Waals surface area contributed by atoms with Crippen molar-refractivity contribution in [2.24, 2.45) is 11.3 Å². The molecule has 0 bridgehead atoms. The summed E-state index contributed by atoms with van der Waals surface area (Å²) in [6, 6.07) is 18.8. The van der Waals surface area contributed by atoms with Crippen molar-refractivity contribution < 1.29 is 42.6 Å². The van der Waals surface area contributed by atoms with Crippen molar-refractivity contribution in [3.05, 3.63) is 102 Å². The van der Waals surface area contributed by atoms with Crippen LogP contribution in [0.5, 0.6) is 17.2 Å². The second-order valence-corrected chi connectivity index (χ2v) is 18.5. The highest BCUT2D eigenvalue weighted by molar-refractivity contribution is 6.23. The minimum Gasteiger partial charge on any atom is -0.495 e. The highest BCUT2D eigenvalue weighted by Gasteiger charge is 2.56. The summed E-state index contributed by atoms with van der Waals surface area (Å²) in [6.07, 6.45) is 6.20. The summed E-state index contributed by atoms with van der Waals surface area (Å²) in [6.45, 7) is 8.04. The van der Waals surface area contributed by atoms with Crippen LogP contribution in [0.1, 0.15) is 59.2 Å². The molecular weight excluding hydrogens is 900 g/mol. The first kappa shape index (κ1) is 46.2. The van der Waals surface area contributed by atoms with Gasteiger partial charge in [0.25, 0.3) is 11.8 Å². The Morgan fingerprint density at radius 3 is 2.13 bits per heavy atom. The third-order valence-corrected chi connectivity index (χ3v) is 14.1. The molecule has 4 fully saturated rings. The zero-order valence-corrected chi connectivity index (χ0v) is 38.7. The fourth-order valence-corrected chi connectivity index (χ4v) is 9.81. The molecule has 6 heterocycles. The number of piperidine rings is 2. The maximum atomic E-state index is 13.3. The van der Waals surface area contributed by atoms with E-state index >= 15 is 0 Å². The molecule has 1 atom stereocenters. The molecule has 2 aromatic heterocycles. The van der Waals surface area contributed by atoms with E-state index in [1.165, 1.54) is 30.5 Å². The number of amides is 6. The number of anilines is 4. The Kier molecular flexibility index (Phi) is 12.9. The number of fused-ring (bicyclic) bond motifs is 2. The molecule has 1 unspecified atom stereocenters. The minimum absolute atomic E-state index is 0.0643. The van der Waals surface area contributed by atoms with E-state index in [-0.39, 0.29) is 24.0 Å². The molecule has 18 nitrogen and oxygen atoms in total. The van der Waals surface area contributed by atoms with Crippen molar-refractivity contribution >= 4 is 69.2 Å². The van der Waals surface area contributed by atoms with Crippen molar-refractivity contribution in [3.63, 3.8) is 0 Å². The largest absolute Gasteiger partial charge is 0.495 e. The smallest absolute Gasteiger partial charge is 0.263 e. The number of hydrogen-bond donors (Lipinski definition) is 4. The number of halogens is 1. The number of hydrogen-bond acceptors (Lipinski definition) is 14. The van der Waals surface area contributed by atoms with E-state index in [4.69, 9.17) is 9.47 Å². The molecule has 3 saturated heterocycles. The molecule has 1 saturated carbocycles. The van der Waals surface area contributed by atoms with Gasteiger partial charge in [-0.25, -0.2) is 9.37 Å². The normalized spacial score (nSPS) is 19.4. The molecule has 70 heavy (non-hydrogen) atoms. The predicted molar refractivity (Wildman–Crippen MR) is 257 cm³/mol. The number of aromatic nitrogens is 2. The van der Waals surface area contributed by atoms with Gasteiger partial charge >= 0.3 is 0 Å². The Balaban J connectivity index is 0.672. The number of benzene rings is 3. The van der Waals surface area contributed by atoms with Gasteiger partial charge in [0.05, 0.1) is 29.4 Å². The van der Waals surface area contributed by atoms with Crippen LogP contribution in [0, 0.1) is 17.2 Å². The Morgan fingerprint density at radius 1 is 0.786 bits per heavy atom. The monoisotopic (exact) mass is 952 g/mol. The summed E-state index contributed by atoms with van der Waals surface area (Å²) in [5, 5.41) is 11.9. The number of imide groups is 2. The summed E-state index contributed by atoms with van der Waals surface area (Å²) in [7, 11) is 1.67. The van der Waals surface area contributed by atoms with E-state index in [1.807, 2.05) is 6.07 Å². The van der Waals surface area contributed by atoms with Crippen LogP contribution in [-0.2, 0) is 19.2 Å². The molecule has 10 rings (SSSR count). The second kappa shape index (κ2) is 19.5. The average molecular weight is 953 g/mol. The molecule has 362 valence electrons. The zero-order chi connectivity index (χ0) is 48.5. The molecule has 5 aliphatic rings. The van der Waals surface area contributed by atoms with Gasteiger partial charge < -0.3 is 35.2 Å². The van der Waals surface area contributed by atoms with Gasteiger partial charge in [-0.05, 0) is 111 Å². The number of nitrogens with one attached hydrogen (secondary N) is 4. The van der Waals surface area contributed by atoms with Crippen LogP contribution in [0.15, 0.2) is 85.2 Å². The Bertz CT molecular complexity index is 2860. The number of pyridine rings is 2. The van der Waals surface area contributed by atoms with E-state index in [2.05, 4.69) is 52.0 Å². The standard InChI is InChI=1S/C51H53FN10O8/c1-69-43-26-37-39(53-17-12-42(37)70-35-8-6-34(7-9-35)57-50(68)51(15-16-51)49(67)56-33-4-2-32(52)3-5-33)28-41(43)61-19-13-31(14-20-61)30-60-24-22-59(23-25-60)21-18-54-44-27-36-38(29-55-44)48(66)62(47(36)65)40-10-11-45(63)58-46(40)64/h2-9,12,17,26-29,31,40H,10-11,13-16,18-25,30H2,1H3,(H,54,55)(H,56,67)(H,57,68)(H,58,63,64). The highest BCUT2D eigenvalue weighted by atomic mass is 19.1. The summed E-state index contributed by atoms with van der Waals surface area (Å²) >= 11 is 0. The average Bonchev–Trinajstić information content (AvgIpc) is 4.15. The lowest BCUT2D eigenvalue weighted by Gasteiger charge is -2.39. The van der Waals surface area contributed by atoms with Gasteiger partial charge in [-0.2, -0.15) is 0 Å². The topological polar surface area (TPSA) is 208 Å². The van der Waals surface area contributed by atoms with Gasteiger partial charge in [-0.1, -0.05) is 0 Å². The van der Waals surface area contributed by atoms with E-state index in [9.17, 15) is 33.2 Å². The molecule has 4 aliphatic heterocycles. The summed E-state index contributed by atoms with van der Waals surface area (Å²) in [5.74, 6) is -0.475. The molecular formula is C51H53FN10O8. The number of piperazine rings is 1. The second-order valence-electron chi connectivity index (χ2n) is 18.5. The quantitative estimate of drug-likeness (QED) is 0.0779. The molecule has 0 spiro atoms. The van der Waals surface area contributed by atoms with Crippen molar-refractivity contribution in [1.29, 1.82) is 0 Å². The number of ether oxygens (including phenoxy) is 2. The summed E-state index contributed by atoms with van der Waals surface area (Å²) in [4.78, 5) is 93.8. The first-order chi connectivity index (χ1) is 33.9. The molecule has 3 aromatic carbocycles. The van der Waals surface area contributed by atoms with Crippen molar-refractivity contribution in [1.82, 2.24) is 30.0 Å². The van der Waals surface area contributed by atoms with Gasteiger partial charge in [-0.3, -0.25) is 48.9 Å². The Labute approximate surface area is 402 Å². The van der Waals surface area contributed by atoms with E-state index in [0.717, 1.165) is 92.4 Å². The number of carbonyl (C=O) groups is 6. The Hall–Kier alpha value is -7.51. The third-order valence-electron chi connectivity index (χ3n) is 14.1. The van der Waals surface area contributed by atoms with E-state index in [1.54, 1.807) is 49.7 Å². The molecule has 19 heteroatoms. The highest BCUT2D eigenvalue weighted by Crippen LogP contribution is 2.48. The molecule has 4 N–H and O–H groups in total. The molecule has 5 aromatic rings.